The van der Waals surface area contributed by atoms with Gasteiger partial charge in [0.05, 0.1) is 18.6 Å². The third-order valence-corrected chi connectivity index (χ3v) is 6.39. The second-order valence-electron chi connectivity index (χ2n) is 7.67. The number of carbonyl (C=O) groups excluding carboxylic acids is 1. The number of nitrogens with one attached hydrogen (secondary N) is 1. The molecule has 3 heterocycles. The van der Waals surface area contributed by atoms with Gasteiger partial charge in [-0.1, -0.05) is 30.0 Å². The van der Waals surface area contributed by atoms with Gasteiger partial charge in [-0.25, -0.2) is 4.52 Å². The average molecular weight is 459 g/mol. The number of para-hydroxylation sites is 1. The van der Waals surface area contributed by atoms with Crippen molar-refractivity contribution in [3.8, 4) is 17.0 Å². The molecule has 166 valence electrons. The maximum atomic E-state index is 12.6. The Balaban J connectivity index is 1.37. The van der Waals surface area contributed by atoms with Gasteiger partial charge in [-0.3, -0.25) is 9.20 Å². The van der Waals surface area contributed by atoms with Crippen LogP contribution in [0.1, 0.15) is 11.1 Å². The van der Waals surface area contributed by atoms with Gasteiger partial charge in [0.25, 0.3) is 0 Å². The highest BCUT2D eigenvalue weighted by Gasteiger charge is 2.15. The smallest absolute Gasteiger partial charge is 0.234 e. The van der Waals surface area contributed by atoms with Crippen molar-refractivity contribution in [1.82, 2.24) is 24.2 Å². The molecule has 5 rings (SSSR count). The number of rotatable bonds is 6. The summed E-state index contributed by atoms with van der Waals surface area (Å²) < 4.78 is 8.90. The molecule has 1 amide bonds. The molecule has 9 heteroatoms. The fourth-order valence-corrected chi connectivity index (χ4v) is 4.43. The van der Waals surface area contributed by atoms with E-state index in [2.05, 4.69) is 20.6 Å². The molecule has 0 aliphatic rings. The van der Waals surface area contributed by atoms with Gasteiger partial charge in [-0.05, 0) is 55.3 Å². The zero-order valence-electron chi connectivity index (χ0n) is 18.4. The monoisotopic (exact) mass is 458 g/mol. The van der Waals surface area contributed by atoms with Crippen molar-refractivity contribution >= 4 is 34.5 Å². The fourth-order valence-electron chi connectivity index (χ4n) is 3.71. The number of nitrogens with zero attached hydrogens (tertiary/aromatic N) is 5. The summed E-state index contributed by atoms with van der Waals surface area (Å²) >= 11 is 1.35. The van der Waals surface area contributed by atoms with Crippen LogP contribution < -0.4 is 10.1 Å². The molecule has 0 bridgehead atoms. The van der Waals surface area contributed by atoms with Gasteiger partial charge in [0, 0.05) is 23.6 Å². The topological polar surface area (TPSA) is 85.8 Å². The van der Waals surface area contributed by atoms with E-state index in [1.807, 2.05) is 79.2 Å². The number of methoxy groups -OCH3 is 1. The van der Waals surface area contributed by atoms with Gasteiger partial charge < -0.3 is 10.1 Å². The van der Waals surface area contributed by atoms with Gasteiger partial charge in [-0.2, -0.15) is 5.10 Å². The van der Waals surface area contributed by atoms with Gasteiger partial charge in [-0.15, -0.1) is 10.2 Å². The first-order chi connectivity index (χ1) is 16.0. The molecule has 0 unspecified atom stereocenters. The number of hydrogen-bond donors (Lipinski definition) is 1. The van der Waals surface area contributed by atoms with Crippen molar-refractivity contribution in [2.75, 3.05) is 18.2 Å². The third kappa shape index (κ3) is 4.03. The van der Waals surface area contributed by atoms with E-state index in [4.69, 9.17) is 4.74 Å². The summed E-state index contributed by atoms with van der Waals surface area (Å²) in [5.74, 6) is 0.947. The van der Waals surface area contributed by atoms with Crippen molar-refractivity contribution < 1.29 is 9.53 Å². The van der Waals surface area contributed by atoms with Crippen molar-refractivity contribution in [3.63, 3.8) is 0 Å². The summed E-state index contributed by atoms with van der Waals surface area (Å²) in [5.41, 5.74) is 6.27. The van der Waals surface area contributed by atoms with Crippen LogP contribution in [0.5, 0.6) is 5.75 Å². The maximum absolute atomic E-state index is 12.6. The number of anilines is 1. The molecule has 33 heavy (non-hydrogen) atoms. The Morgan fingerprint density at radius 2 is 1.82 bits per heavy atom. The third-order valence-electron chi connectivity index (χ3n) is 5.45. The van der Waals surface area contributed by atoms with Crippen molar-refractivity contribution in [1.29, 1.82) is 0 Å². The number of ether oxygens (including phenoxy) is 1. The second kappa shape index (κ2) is 8.59. The Morgan fingerprint density at radius 1 is 1.06 bits per heavy atom. The van der Waals surface area contributed by atoms with E-state index in [1.165, 1.54) is 11.8 Å². The standard InChI is InChI=1S/C24H22N6O2S/c1-15-5-4-6-16(2)22(15)25-21(31)14-33-24-27-26-23-20-13-19(28-30(20)12-11-29(23)24)17-7-9-18(32-3)10-8-17/h4-13H,14H2,1-3H3,(H,25,31). The van der Waals surface area contributed by atoms with Crippen molar-refractivity contribution in [2.45, 2.75) is 19.0 Å². The highest BCUT2D eigenvalue weighted by atomic mass is 32.2. The zero-order valence-corrected chi connectivity index (χ0v) is 19.3. The Kier molecular flexibility index (Phi) is 5.47. The summed E-state index contributed by atoms with van der Waals surface area (Å²) in [5, 5.41) is 17.0. The first-order valence-corrected chi connectivity index (χ1v) is 11.4. The highest BCUT2D eigenvalue weighted by molar-refractivity contribution is 7.99. The molecule has 0 saturated carbocycles. The van der Waals surface area contributed by atoms with E-state index in [-0.39, 0.29) is 11.7 Å². The second-order valence-corrected chi connectivity index (χ2v) is 8.61. The lowest BCUT2D eigenvalue weighted by Crippen LogP contribution is -2.16. The van der Waals surface area contributed by atoms with Crippen LogP contribution in [0.25, 0.3) is 22.4 Å². The number of carbonyl (C=O) groups is 1. The summed E-state index contributed by atoms with van der Waals surface area (Å²) in [4.78, 5) is 12.6. The van der Waals surface area contributed by atoms with Crippen molar-refractivity contribution in [2.24, 2.45) is 0 Å². The van der Waals surface area contributed by atoms with E-state index in [0.717, 1.165) is 39.3 Å². The Bertz CT molecular complexity index is 1450. The minimum Gasteiger partial charge on any atom is -0.497 e. The predicted molar refractivity (Wildman–Crippen MR) is 129 cm³/mol. The molecular weight excluding hydrogens is 436 g/mol. The quantitative estimate of drug-likeness (QED) is 0.380. The minimum absolute atomic E-state index is 0.0821. The molecular formula is C24H22N6O2S. The number of benzene rings is 2. The maximum Gasteiger partial charge on any atom is 0.234 e. The van der Waals surface area contributed by atoms with E-state index in [9.17, 15) is 4.79 Å². The number of fused-ring (bicyclic) bond motifs is 3. The molecule has 0 aliphatic carbocycles. The molecule has 3 aromatic heterocycles. The fraction of sp³-hybridized carbons (Fsp3) is 0.167. The molecule has 1 N–H and O–H groups in total. The van der Waals surface area contributed by atoms with Crippen LogP contribution in [-0.2, 0) is 4.79 Å². The van der Waals surface area contributed by atoms with Crippen LogP contribution in [0.4, 0.5) is 5.69 Å². The van der Waals surface area contributed by atoms with Crippen LogP contribution in [-0.4, -0.2) is 43.0 Å². The number of aromatic nitrogens is 5. The molecule has 0 radical (unpaired) electrons. The summed E-state index contributed by atoms with van der Waals surface area (Å²) in [7, 11) is 1.64. The van der Waals surface area contributed by atoms with E-state index in [1.54, 1.807) is 11.6 Å². The van der Waals surface area contributed by atoms with Crippen LogP contribution in [0, 0.1) is 13.8 Å². The minimum atomic E-state index is -0.0821. The number of aryl methyl sites for hydroxylation is 2. The number of amides is 1. The zero-order chi connectivity index (χ0) is 22.9. The van der Waals surface area contributed by atoms with Gasteiger partial charge in [0.15, 0.2) is 10.8 Å². The molecule has 0 saturated heterocycles. The molecule has 2 aromatic carbocycles. The highest BCUT2D eigenvalue weighted by Crippen LogP contribution is 2.26. The molecule has 5 aromatic rings. The summed E-state index contributed by atoms with van der Waals surface area (Å²) in [6.45, 7) is 3.97. The molecule has 8 nitrogen and oxygen atoms in total. The lowest BCUT2D eigenvalue weighted by molar-refractivity contribution is -0.113. The van der Waals surface area contributed by atoms with Gasteiger partial charge in [0.1, 0.15) is 11.3 Å². The average Bonchev–Trinajstić information content (AvgIpc) is 3.44. The van der Waals surface area contributed by atoms with Crippen LogP contribution in [0.15, 0.2) is 66.1 Å². The van der Waals surface area contributed by atoms with E-state index in [0.29, 0.717) is 10.8 Å². The lowest BCUT2D eigenvalue weighted by Gasteiger charge is -2.10. The summed E-state index contributed by atoms with van der Waals surface area (Å²) in [6, 6.07) is 15.7. The van der Waals surface area contributed by atoms with Crippen LogP contribution >= 0.6 is 11.8 Å². The van der Waals surface area contributed by atoms with E-state index >= 15 is 0 Å². The Labute approximate surface area is 194 Å². The van der Waals surface area contributed by atoms with Crippen molar-refractivity contribution in [3.05, 3.63) is 72.1 Å². The Morgan fingerprint density at radius 3 is 2.55 bits per heavy atom. The lowest BCUT2D eigenvalue weighted by atomic mass is 10.1. The molecule has 0 spiro atoms. The summed E-state index contributed by atoms with van der Waals surface area (Å²) in [6.07, 6.45) is 3.72. The van der Waals surface area contributed by atoms with Gasteiger partial charge >= 0.3 is 0 Å². The molecule has 0 atom stereocenters. The first kappa shape index (κ1) is 21.0. The predicted octanol–water partition coefficient (Wildman–Crippen LogP) is 4.40. The SMILES string of the molecule is COc1ccc(-c2cc3c4nnc(SCC(=O)Nc5c(C)cccc5C)n4ccn3n2)cc1. The van der Waals surface area contributed by atoms with Crippen LogP contribution in [0.2, 0.25) is 0 Å². The Hall–Kier alpha value is -3.85. The van der Waals surface area contributed by atoms with Gasteiger partial charge in [0.2, 0.25) is 5.91 Å². The molecule has 0 aliphatic heterocycles. The first-order valence-electron chi connectivity index (χ1n) is 10.4. The largest absolute Gasteiger partial charge is 0.497 e. The van der Waals surface area contributed by atoms with E-state index < -0.39 is 0 Å². The molecule has 0 fully saturated rings. The number of thioether (sulfide) groups is 1. The normalized spacial score (nSPS) is 11.2. The number of hydrogen-bond acceptors (Lipinski definition) is 6. The van der Waals surface area contributed by atoms with Crippen LogP contribution in [0.3, 0.4) is 0 Å².